The molecule has 0 saturated carbocycles. The van der Waals surface area contributed by atoms with Gasteiger partial charge in [-0.1, -0.05) is 12.1 Å². The van der Waals surface area contributed by atoms with Gasteiger partial charge in [-0.05, 0) is 17.7 Å². The smallest absolute Gasteiger partial charge is 0.367 e. The van der Waals surface area contributed by atoms with Gasteiger partial charge in [0.05, 0.1) is 5.56 Å². The molecule has 0 radical (unpaired) electrons. The van der Waals surface area contributed by atoms with Crippen molar-refractivity contribution in [1.29, 1.82) is 0 Å². The highest BCUT2D eigenvalue weighted by Crippen LogP contribution is 2.29. The van der Waals surface area contributed by atoms with Gasteiger partial charge in [-0.3, -0.25) is 13.9 Å². The Hall–Kier alpha value is -2.51. The number of aromatic nitrogens is 2. The Kier molecular flexibility index (Phi) is 4.11. The van der Waals surface area contributed by atoms with E-state index in [1.165, 1.54) is 36.9 Å². The third-order valence-corrected chi connectivity index (χ3v) is 3.25. The van der Waals surface area contributed by atoms with Gasteiger partial charge in [-0.25, -0.2) is 4.79 Å². The van der Waals surface area contributed by atoms with Crippen LogP contribution in [-0.4, -0.2) is 9.13 Å². The summed E-state index contributed by atoms with van der Waals surface area (Å²) in [6, 6.07) is 6.06. The van der Waals surface area contributed by atoms with Crippen LogP contribution in [0.15, 0.2) is 39.9 Å². The van der Waals surface area contributed by atoms with E-state index in [1.54, 1.807) is 0 Å². The van der Waals surface area contributed by atoms with E-state index >= 15 is 0 Å². The average Bonchev–Trinajstić information content (AvgIpc) is 2.47. The summed E-state index contributed by atoms with van der Waals surface area (Å²) in [6.45, 7) is 0.0599. The summed E-state index contributed by atoms with van der Waals surface area (Å²) in [5.41, 5.74) is -1.36. The second kappa shape index (κ2) is 5.70. The van der Waals surface area contributed by atoms with Crippen LogP contribution < -0.4 is 16.6 Å². The van der Waals surface area contributed by atoms with Gasteiger partial charge in [0.2, 0.25) is 0 Å². The Morgan fingerprint density at radius 1 is 1.09 bits per heavy atom. The van der Waals surface area contributed by atoms with E-state index in [1.807, 2.05) is 0 Å². The SMILES string of the molecule is Cn1c(NCc2cccc(C(F)(F)F)c2)cc(=O)n(C)c1=O. The van der Waals surface area contributed by atoms with E-state index in [-0.39, 0.29) is 12.4 Å². The van der Waals surface area contributed by atoms with Gasteiger partial charge >= 0.3 is 11.9 Å². The van der Waals surface area contributed by atoms with E-state index in [2.05, 4.69) is 5.32 Å². The number of halogens is 3. The molecule has 2 rings (SSSR count). The van der Waals surface area contributed by atoms with E-state index in [0.29, 0.717) is 5.56 Å². The topological polar surface area (TPSA) is 56.0 Å². The fourth-order valence-electron chi connectivity index (χ4n) is 1.95. The van der Waals surface area contributed by atoms with Gasteiger partial charge in [0, 0.05) is 26.7 Å². The molecule has 2 aromatic rings. The lowest BCUT2D eigenvalue weighted by molar-refractivity contribution is -0.137. The van der Waals surface area contributed by atoms with Crippen molar-refractivity contribution in [2.45, 2.75) is 12.7 Å². The summed E-state index contributed by atoms with van der Waals surface area (Å²) in [6.07, 6.45) is -4.41. The lowest BCUT2D eigenvalue weighted by atomic mass is 10.1. The summed E-state index contributed by atoms with van der Waals surface area (Å²) in [7, 11) is 2.82. The minimum absolute atomic E-state index is 0.0599. The maximum Gasteiger partial charge on any atom is 0.416 e. The maximum atomic E-state index is 12.6. The van der Waals surface area contributed by atoms with Crippen LogP contribution in [0.4, 0.5) is 19.0 Å². The summed E-state index contributed by atoms with van der Waals surface area (Å²) >= 11 is 0. The number of benzene rings is 1. The first-order valence-corrected chi connectivity index (χ1v) is 6.37. The lowest BCUT2D eigenvalue weighted by Crippen LogP contribution is -2.37. The van der Waals surface area contributed by atoms with Crippen molar-refractivity contribution in [3.8, 4) is 0 Å². The van der Waals surface area contributed by atoms with Gasteiger partial charge in [-0.2, -0.15) is 13.2 Å². The minimum Gasteiger partial charge on any atom is -0.367 e. The Morgan fingerprint density at radius 3 is 2.41 bits per heavy atom. The zero-order valence-electron chi connectivity index (χ0n) is 11.9. The third-order valence-electron chi connectivity index (χ3n) is 3.25. The van der Waals surface area contributed by atoms with Crippen LogP contribution >= 0.6 is 0 Å². The number of rotatable bonds is 3. The molecule has 0 bridgehead atoms. The van der Waals surface area contributed by atoms with Crippen LogP contribution in [0.2, 0.25) is 0 Å². The second-order valence-corrected chi connectivity index (χ2v) is 4.82. The van der Waals surface area contributed by atoms with Gasteiger partial charge in [0.15, 0.2) is 0 Å². The van der Waals surface area contributed by atoms with Crippen molar-refractivity contribution in [2.75, 3.05) is 5.32 Å². The van der Waals surface area contributed by atoms with Crippen molar-refractivity contribution in [3.63, 3.8) is 0 Å². The molecule has 0 spiro atoms. The molecule has 8 heteroatoms. The molecule has 0 aliphatic carbocycles. The normalized spacial score (nSPS) is 11.5. The van der Waals surface area contributed by atoms with Crippen LogP contribution in [0, 0.1) is 0 Å². The molecule has 0 saturated heterocycles. The molecule has 0 atom stereocenters. The highest BCUT2D eigenvalue weighted by molar-refractivity contribution is 5.36. The van der Waals surface area contributed by atoms with Crippen molar-refractivity contribution in [3.05, 3.63) is 62.3 Å². The Labute approximate surface area is 123 Å². The van der Waals surface area contributed by atoms with Crippen LogP contribution in [-0.2, 0) is 26.8 Å². The molecule has 5 nitrogen and oxygen atoms in total. The molecule has 0 aliphatic heterocycles. The molecule has 0 aliphatic rings. The molecule has 22 heavy (non-hydrogen) atoms. The summed E-state index contributed by atoms with van der Waals surface area (Å²) in [4.78, 5) is 23.3. The molecule has 1 aromatic heterocycles. The van der Waals surface area contributed by atoms with Gasteiger partial charge in [-0.15, -0.1) is 0 Å². The molecule has 1 heterocycles. The van der Waals surface area contributed by atoms with Gasteiger partial charge in [0.1, 0.15) is 5.82 Å². The number of nitrogens with one attached hydrogen (secondary N) is 1. The fraction of sp³-hybridized carbons (Fsp3) is 0.286. The Balaban J connectivity index is 2.25. The minimum atomic E-state index is -4.41. The quantitative estimate of drug-likeness (QED) is 0.938. The first-order chi connectivity index (χ1) is 10.2. The molecule has 1 aromatic carbocycles. The number of nitrogens with zero attached hydrogens (tertiary/aromatic N) is 2. The van der Waals surface area contributed by atoms with Gasteiger partial charge < -0.3 is 5.32 Å². The number of alkyl halides is 3. The summed E-state index contributed by atoms with van der Waals surface area (Å²) in [5, 5.41) is 2.80. The fourth-order valence-corrected chi connectivity index (χ4v) is 1.95. The molecule has 0 fully saturated rings. The van der Waals surface area contributed by atoms with E-state index < -0.39 is 23.0 Å². The average molecular weight is 313 g/mol. The zero-order chi connectivity index (χ0) is 16.5. The predicted molar refractivity (Wildman–Crippen MR) is 75.7 cm³/mol. The standard InChI is InChI=1S/C14H14F3N3O2/c1-19-11(7-12(21)20(2)13(19)22)18-8-9-4-3-5-10(6-9)14(15,16)17/h3-7,18H,8H2,1-2H3. The zero-order valence-corrected chi connectivity index (χ0v) is 11.9. The first kappa shape index (κ1) is 15.9. The molecule has 0 amide bonds. The maximum absolute atomic E-state index is 12.6. The monoisotopic (exact) mass is 313 g/mol. The predicted octanol–water partition coefficient (Wildman–Crippen LogP) is 1.71. The number of hydrogen-bond donors (Lipinski definition) is 1. The second-order valence-electron chi connectivity index (χ2n) is 4.82. The highest BCUT2D eigenvalue weighted by atomic mass is 19.4. The van der Waals surface area contributed by atoms with E-state index in [0.717, 1.165) is 16.7 Å². The largest absolute Gasteiger partial charge is 0.416 e. The number of hydrogen-bond acceptors (Lipinski definition) is 3. The van der Waals surface area contributed by atoms with Crippen molar-refractivity contribution >= 4 is 5.82 Å². The van der Waals surface area contributed by atoms with Crippen LogP contribution in [0.25, 0.3) is 0 Å². The lowest BCUT2D eigenvalue weighted by Gasteiger charge is -2.13. The first-order valence-electron chi connectivity index (χ1n) is 6.37. The molecule has 118 valence electrons. The van der Waals surface area contributed by atoms with Crippen molar-refractivity contribution in [2.24, 2.45) is 14.1 Å². The third kappa shape index (κ3) is 3.21. The van der Waals surface area contributed by atoms with Crippen molar-refractivity contribution < 1.29 is 13.2 Å². The molecule has 0 unspecified atom stereocenters. The van der Waals surface area contributed by atoms with E-state index in [9.17, 15) is 22.8 Å². The van der Waals surface area contributed by atoms with Gasteiger partial charge in [0.25, 0.3) is 5.56 Å². The van der Waals surface area contributed by atoms with Crippen molar-refractivity contribution in [1.82, 2.24) is 9.13 Å². The van der Waals surface area contributed by atoms with Crippen LogP contribution in [0.3, 0.4) is 0 Å². The Morgan fingerprint density at radius 2 is 1.77 bits per heavy atom. The highest BCUT2D eigenvalue weighted by Gasteiger charge is 2.30. The number of anilines is 1. The van der Waals surface area contributed by atoms with Crippen LogP contribution in [0.1, 0.15) is 11.1 Å². The molecular formula is C14H14F3N3O2. The summed E-state index contributed by atoms with van der Waals surface area (Å²) < 4.78 is 40.1. The molecule has 1 N–H and O–H groups in total. The molecular weight excluding hydrogens is 299 g/mol. The van der Waals surface area contributed by atoms with E-state index in [4.69, 9.17) is 0 Å². The summed E-state index contributed by atoms with van der Waals surface area (Å²) in [5.74, 6) is 0.241. The van der Waals surface area contributed by atoms with Crippen LogP contribution in [0.5, 0.6) is 0 Å². The Bertz CT molecular complexity index is 806.